The summed E-state index contributed by atoms with van der Waals surface area (Å²) in [7, 11) is 0. The van der Waals surface area contributed by atoms with Crippen molar-refractivity contribution in [1.29, 1.82) is 0 Å². The zero-order valence-corrected chi connectivity index (χ0v) is 52.1. The summed E-state index contributed by atoms with van der Waals surface area (Å²) in [6.45, 7) is 22.8. The van der Waals surface area contributed by atoms with Gasteiger partial charge in [0.2, 0.25) is 0 Å². The molecule has 0 radical (unpaired) electrons. The first-order valence-electron chi connectivity index (χ1n) is 29.6. The first kappa shape index (κ1) is 54.9. The zero-order valence-electron chi connectivity index (χ0n) is 49.9. The van der Waals surface area contributed by atoms with Gasteiger partial charge in [-0.05, 0) is 108 Å². The van der Waals surface area contributed by atoms with Crippen LogP contribution in [0.15, 0.2) is 225 Å². The Morgan fingerprint density at radius 1 is 0.465 bits per heavy atom. The first-order valence-corrected chi connectivity index (χ1v) is 29.6. The Balaban J connectivity index is 0.00000653. The smallest absolute Gasteiger partial charge is 0.135 e. The average molecular weight is 1300 g/mol. The van der Waals surface area contributed by atoms with Crippen LogP contribution in [-0.4, -0.2) is 9.55 Å². The van der Waals surface area contributed by atoms with Gasteiger partial charge in [0.15, 0.2) is 0 Å². The topological polar surface area (TPSA) is 42.8 Å². The predicted molar refractivity (Wildman–Crippen MR) is 349 cm³/mol. The molecule has 0 bridgehead atoms. The molecule has 0 unspecified atom stereocenters. The van der Waals surface area contributed by atoms with E-state index in [1.807, 2.05) is 18.3 Å². The Labute approximate surface area is 519 Å². The summed E-state index contributed by atoms with van der Waals surface area (Å²) in [6, 6.07) is 86.5. The van der Waals surface area contributed by atoms with Gasteiger partial charge in [-0.3, -0.25) is 0 Å². The maximum Gasteiger partial charge on any atom is 0.135 e. The zero-order chi connectivity index (χ0) is 58.1. The predicted octanol–water partition coefficient (Wildman–Crippen LogP) is 20.7. The third kappa shape index (κ3) is 8.73. The summed E-state index contributed by atoms with van der Waals surface area (Å²) >= 11 is 0. The molecule has 0 N–H and O–H groups in total. The molecule has 86 heavy (non-hydrogen) atoms. The molecule has 0 fully saturated rings. The second-order valence-electron chi connectivity index (χ2n) is 26.1. The van der Waals surface area contributed by atoms with E-state index in [1.54, 1.807) is 0 Å². The average Bonchev–Trinajstić information content (AvgIpc) is 1.48. The molecule has 0 atom stereocenters. The van der Waals surface area contributed by atoms with Gasteiger partial charge in [-0.2, -0.15) is 12.1 Å². The van der Waals surface area contributed by atoms with Crippen LogP contribution < -0.4 is 19.3 Å². The van der Waals surface area contributed by atoms with Crippen molar-refractivity contribution in [2.24, 2.45) is 0 Å². The molecule has 0 saturated heterocycles. The summed E-state index contributed by atoms with van der Waals surface area (Å²) in [5.74, 6) is 3.74. The van der Waals surface area contributed by atoms with Crippen molar-refractivity contribution in [3.63, 3.8) is 0 Å². The minimum absolute atomic E-state index is 0. The van der Waals surface area contributed by atoms with E-state index in [2.05, 4.69) is 302 Å². The van der Waals surface area contributed by atoms with Crippen LogP contribution in [0.4, 0.5) is 22.7 Å². The molecule has 426 valence electrons. The number of aromatic nitrogens is 2. The third-order valence-electron chi connectivity index (χ3n) is 17.7. The van der Waals surface area contributed by atoms with E-state index < -0.39 is 5.41 Å². The summed E-state index contributed by atoms with van der Waals surface area (Å²) < 4.78 is 15.8. The van der Waals surface area contributed by atoms with Gasteiger partial charge in [0.05, 0.1) is 5.41 Å². The molecule has 7 heteroatoms. The van der Waals surface area contributed by atoms with Crippen molar-refractivity contribution in [2.75, 3.05) is 9.80 Å². The Hall–Kier alpha value is -8.96. The molecule has 4 heterocycles. The van der Waals surface area contributed by atoms with Crippen molar-refractivity contribution in [1.82, 2.24) is 9.55 Å². The number of hydrogen-bond donors (Lipinski definition) is 0. The number of para-hydroxylation sites is 6. The monoisotopic (exact) mass is 1300 g/mol. The molecule has 1 spiro atoms. The van der Waals surface area contributed by atoms with Crippen LogP contribution >= 0.6 is 0 Å². The van der Waals surface area contributed by atoms with Gasteiger partial charge in [0.25, 0.3) is 0 Å². The molecular formula is C79H65N4O2Pt-3. The molecule has 2 aliphatic heterocycles. The van der Waals surface area contributed by atoms with Crippen molar-refractivity contribution >= 4 is 44.6 Å². The van der Waals surface area contributed by atoms with Crippen molar-refractivity contribution < 1.29 is 30.5 Å². The van der Waals surface area contributed by atoms with E-state index in [9.17, 15) is 0 Å². The number of hydrogen-bond acceptors (Lipinski definition) is 5. The van der Waals surface area contributed by atoms with Gasteiger partial charge in [-0.15, -0.1) is 48.1 Å². The minimum atomic E-state index is -0.628. The van der Waals surface area contributed by atoms with Crippen LogP contribution in [-0.2, 0) is 42.7 Å². The fourth-order valence-corrected chi connectivity index (χ4v) is 13.4. The van der Waals surface area contributed by atoms with Gasteiger partial charge in [-0.1, -0.05) is 219 Å². The number of pyridine rings is 1. The Bertz CT molecular complexity index is 4590. The minimum Gasteiger partial charge on any atom is -0.509 e. The van der Waals surface area contributed by atoms with Gasteiger partial charge < -0.3 is 23.8 Å². The van der Waals surface area contributed by atoms with Crippen LogP contribution in [0.5, 0.6) is 23.0 Å². The van der Waals surface area contributed by atoms with Gasteiger partial charge in [0, 0.05) is 83.6 Å². The summed E-state index contributed by atoms with van der Waals surface area (Å²) in [4.78, 5) is 9.68. The maximum absolute atomic E-state index is 6.82. The maximum atomic E-state index is 6.82. The number of benzene rings is 10. The molecular weight excluding hydrogens is 1230 g/mol. The Kier molecular flexibility index (Phi) is 13.0. The van der Waals surface area contributed by atoms with Gasteiger partial charge >= 0.3 is 0 Å². The third-order valence-corrected chi connectivity index (χ3v) is 17.7. The SMILES string of the molecule is CC(C)(C)c1ccc(-n2c3[c-]c(Oc4[c-]c(N5[CH-]N(c6c(-c7cc(C(C)(C)C)cc(C(C)(C)C)c7)cccc6-c6cccc7c6-c6ccccc6C76c7ccccc7Oc7ccccc76)c6ccccc65)ccc4)ccc3c3ccccc32)nc1.[Pt]. The van der Waals surface area contributed by atoms with E-state index in [0.29, 0.717) is 11.5 Å². The van der Waals surface area contributed by atoms with Crippen LogP contribution in [0.3, 0.4) is 0 Å². The van der Waals surface area contributed by atoms with E-state index in [0.717, 1.165) is 89.7 Å². The van der Waals surface area contributed by atoms with Crippen LogP contribution in [0, 0.1) is 18.8 Å². The largest absolute Gasteiger partial charge is 0.509 e. The van der Waals surface area contributed by atoms with Crippen molar-refractivity contribution in [3.05, 3.63) is 282 Å². The molecule has 6 nitrogen and oxygen atoms in total. The number of nitrogens with zero attached hydrogens (tertiary/aromatic N) is 4. The summed E-state index contributed by atoms with van der Waals surface area (Å²) in [5, 5.41) is 2.21. The summed E-state index contributed by atoms with van der Waals surface area (Å²) in [6.07, 6.45) is 1.99. The molecule has 1 aliphatic carbocycles. The number of anilines is 4. The van der Waals surface area contributed by atoms with Gasteiger partial charge in [0.1, 0.15) is 17.3 Å². The molecule has 10 aromatic carbocycles. The normalized spacial score (nSPS) is 13.9. The quantitative estimate of drug-likeness (QED) is 0.149. The number of rotatable bonds is 7. The molecule has 2 aromatic heterocycles. The number of fused-ring (bicyclic) bond motifs is 13. The molecule has 12 aromatic rings. The standard InChI is InChI=1S/C79H65N4O2.Pt/c1-76(2,3)51-39-42-73(80-48-51)83-67-34-15-11-25-58(67)59-41-40-56(47-70(59)83)84-55-24-20-23-54(46-55)81-49-82(69-36-17-16-35-68(69)81)75-57(50-43-52(77(4,5)6)45-53(44-50)78(7,8)9)27-21-29-61(75)60-28-22-33-66-74(60)62-26-10-12-30-63(62)79(66)64-31-13-18-37-71(64)85-72-38-19-14-32-65(72)79;/h10-45,48-49H,1-9H3;/q-3;. The van der Waals surface area contributed by atoms with Crippen LogP contribution in [0.2, 0.25) is 0 Å². The molecule has 15 rings (SSSR count). The van der Waals surface area contributed by atoms with Crippen LogP contribution in [0.25, 0.3) is 61.0 Å². The Morgan fingerprint density at radius 3 is 1.73 bits per heavy atom. The Morgan fingerprint density at radius 2 is 1.03 bits per heavy atom. The van der Waals surface area contributed by atoms with E-state index in [1.165, 1.54) is 44.5 Å². The fourth-order valence-electron chi connectivity index (χ4n) is 13.4. The molecule has 3 aliphatic rings. The van der Waals surface area contributed by atoms with E-state index >= 15 is 0 Å². The second-order valence-corrected chi connectivity index (χ2v) is 26.1. The fraction of sp³-hybridized carbons (Fsp3) is 0.165. The molecule has 0 amide bonds. The van der Waals surface area contributed by atoms with Gasteiger partial charge in [-0.25, -0.2) is 4.98 Å². The van der Waals surface area contributed by atoms with Crippen LogP contribution in [0.1, 0.15) is 101 Å². The second kappa shape index (κ2) is 20.4. The van der Waals surface area contributed by atoms with E-state index in [4.69, 9.17) is 14.5 Å². The first-order chi connectivity index (χ1) is 41.0. The molecule has 0 saturated carbocycles. The van der Waals surface area contributed by atoms with E-state index in [-0.39, 0.29) is 37.3 Å². The van der Waals surface area contributed by atoms with Crippen molar-refractivity contribution in [2.45, 2.75) is 84.0 Å². The van der Waals surface area contributed by atoms with Crippen molar-refractivity contribution in [3.8, 4) is 62.2 Å². The number of ether oxygens (including phenoxy) is 2. The summed E-state index contributed by atoms with van der Waals surface area (Å²) in [5.41, 5.74) is 20.6.